The van der Waals surface area contributed by atoms with Crippen LogP contribution in [0.4, 0.5) is 0 Å². The Hall–Kier alpha value is -3.93. The average molecular weight is 400 g/mol. The number of benzene rings is 3. The number of ether oxygens (including phenoxy) is 1. The normalized spacial score (nSPS) is 11.8. The van der Waals surface area contributed by atoms with E-state index < -0.39 is 5.97 Å². The van der Waals surface area contributed by atoms with E-state index in [1.165, 1.54) is 0 Å². The molecule has 1 amide bonds. The number of hydrogen-bond donors (Lipinski definition) is 1. The first-order valence-electron chi connectivity index (χ1n) is 9.58. The van der Waals surface area contributed by atoms with Gasteiger partial charge in [0.05, 0.1) is 17.0 Å². The van der Waals surface area contributed by atoms with Gasteiger partial charge in [0.15, 0.2) is 12.4 Å². The van der Waals surface area contributed by atoms with Crippen molar-refractivity contribution in [1.82, 2.24) is 10.5 Å². The van der Waals surface area contributed by atoms with Crippen LogP contribution in [0, 0.1) is 0 Å². The number of nitrogens with one attached hydrogen (secondary N) is 1. The van der Waals surface area contributed by atoms with Gasteiger partial charge in [0, 0.05) is 5.56 Å². The highest BCUT2D eigenvalue weighted by Crippen LogP contribution is 2.29. The Bertz CT molecular complexity index is 1170. The second-order valence-electron chi connectivity index (χ2n) is 6.89. The molecule has 1 aromatic heterocycles. The molecule has 0 saturated heterocycles. The number of carbonyl (C=O) groups is 2. The average Bonchev–Trinajstić information content (AvgIpc) is 3.22. The molecule has 6 heteroatoms. The molecule has 4 aromatic rings. The molecule has 0 bridgehead atoms. The standard InChI is InChI=1S/C24H20N2O4/c1-16(17-8-4-2-5-9-17)25-22(27)15-29-24(28)19-12-13-21-20(14-19)23(30-26-21)18-10-6-3-7-11-18/h2-14,16H,15H2,1H3,(H,25,27)/t16-/m1/s1. The number of nitrogens with zero attached hydrogens (tertiary/aromatic N) is 1. The Morgan fingerprint density at radius 2 is 1.70 bits per heavy atom. The summed E-state index contributed by atoms with van der Waals surface area (Å²) in [6.45, 7) is 1.52. The van der Waals surface area contributed by atoms with E-state index in [2.05, 4.69) is 10.5 Å². The Morgan fingerprint density at radius 1 is 1.00 bits per heavy atom. The van der Waals surface area contributed by atoms with Crippen molar-refractivity contribution >= 4 is 22.8 Å². The van der Waals surface area contributed by atoms with Crippen LogP contribution in [-0.2, 0) is 9.53 Å². The van der Waals surface area contributed by atoms with Gasteiger partial charge in [-0.2, -0.15) is 0 Å². The lowest BCUT2D eigenvalue weighted by atomic mass is 10.1. The highest BCUT2D eigenvalue weighted by atomic mass is 16.5. The fraction of sp³-hybridized carbons (Fsp3) is 0.125. The summed E-state index contributed by atoms with van der Waals surface area (Å²) in [5.41, 5.74) is 2.80. The summed E-state index contributed by atoms with van der Waals surface area (Å²) in [5.74, 6) is -0.370. The van der Waals surface area contributed by atoms with E-state index in [0.717, 1.165) is 11.1 Å². The third-order valence-electron chi connectivity index (χ3n) is 4.76. The second-order valence-corrected chi connectivity index (χ2v) is 6.89. The molecule has 150 valence electrons. The van der Waals surface area contributed by atoms with Crippen molar-refractivity contribution in [2.75, 3.05) is 6.61 Å². The van der Waals surface area contributed by atoms with Gasteiger partial charge in [0.25, 0.3) is 5.91 Å². The molecule has 0 saturated carbocycles. The van der Waals surface area contributed by atoms with Crippen molar-refractivity contribution in [3.05, 3.63) is 90.0 Å². The minimum Gasteiger partial charge on any atom is -0.452 e. The van der Waals surface area contributed by atoms with Gasteiger partial charge in [-0.15, -0.1) is 0 Å². The van der Waals surface area contributed by atoms with Crippen molar-refractivity contribution < 1.29 is 18.8 Å². The molecule has 1 atom stereocenters. The maximum absolute atomic E-state index is 12.5. The van der Waals surface area contributed by atoms with Crippen molar-refractivity contribution in [2.45, 2.75) is 13.0 Å². The fourth-order valence-electron chi connectivity index (χ4n) is 3.19. The topological polar surface area (TPSA) is 81.4 Å². The minimum absolute atomic E-state index is 0.181. The smallest absolute Gasteiger partial charge is 0.338 e. The summed E-state index contributed by atoms with van der Waals surface area (Å²) in [6, 6.07) is 23.9. The fourth-order valence-corrected chi connectivity index (χ4v) is 3.19. The van der Waals surface area contributed by atoms with Gasteiger partial charge in [-0.05, 0) is 30.7 Å². The Balaban J connectivity index is 1.43. The molecule has 3 aromatic carbocycles. The van der Waals surface area contributed by atoms with E-state index in [9.17, 15) is 9.59 Å². The highest BCUT2D eigenvalue weighted by molar-refractivity contribution is 5.99. The third-order valence-corrected chi connectivity index (χ3v) is 4.76. The molecular weight excluding hydrogens is 380 g/mol. The van der Waals surface area contributed by atoms with Gasteiger partial charge in [-0.25, -0.2) is 4.79 Å². The van der Waals surface area contributed by atoms with E-state index in [-0.39, 0.29) is 18.6 Å². The summed E-state index contributed by atoms with van der Waals surface area (Å²) in [6.07, 6.45) is 0. The first-order chi connectivity index (χ1) is 14.6. The van der Waals surface area contributed by atoms with E-state index in [1.54, 1.807) is 18.2 Å². The number of esters is 1. The third kappa shape index (κ3) is 4.22. The lowest BCUT2D eigenvalue weighted by Crippen LogP contribution is -2.31. The predicted molar refractivity (Wildman–Crippen MR) is 113 cm³/mol. The number of aromatic nitrogens is 1. The Labute approximate surface area is 173 Å². The number of hydrogen-bond acceptors (Lipinski definition) is 5. The van der Waals surface area contributed by atoms with Gasteiger partial charge >= 0.3 is 5.97 Å². The number of amides is 1. The molecule has 1 N–H and O–H groups in total. The van der Waals surface area contributed by atoms with E-state index in [4.69, 9.17) is 9.26 Å². The summed E-state index contributed by atoms with van der Waals surface area (Å²) < 4.78 is 10.6. The molecule has 0 spiro atoms. The first-order valence-corrected chi connectivity index (χ1v) is 9.58. The molecule has 0 aliphatic heterocycles. The summed E-state index contributed by atoms with van der Waals surface area (Å²) >= 11 is 0. The van der Waals surface area contributed by atoms with Crippen LogP contribution in [0.2, 0.25) is 0 Å². The van der Waals surface area contributed by atoms with Crippen molar-refractivity contribution in [3.8, 4) is 11.3 Å². The van der Waals surface area contributed by atoms with Gasteiger partial charge in [0.2, 0.25) is 0 Å². The van der Waals surface area contributed by atoms with Gasteiger partial charge in [0.1, 0.15) is 5.52 Å². The zero-order chi connectivity index (χ0) is 20.9. The summed E-state index contributed by atoms with van der Waals surface area (Å²) in [4.78, 5) is 24.6. The molecule has 6 nitrogen and oxygen atoms in total. The molecule has 4 rings (SSSR count). The minimum atomic E-state index is -0.584. The van der Waals surface area contributed by atoms with Gasteiger partial charge in [-0.1, -0.05) is 65.8 Å². The van der Waals surface area contributed by atoms with E-state index in [0.29, 0.717) is 22.2 Å². The lowest BCUT2D eigenvalue weighted by molar-refractivity contribution is -0.124. The van der Waals surface area contributed by atoms with Gasteiger partial charge in [-0.3, -0.25) is 4.79 Å². The molecule has 0 radical (unpaired) electrons. The van der Waals surface area contributed by atoms with Crippen molar-refractivity contribution in [3.63, 3.8) is 0 Å². The second kappa shape index (κ2) is 8.61. The number of carbonyl (C=O) groups excluding carboxylic acids is 2. The zero-order valence-electron chi connectivity index (χ0n) is 16.4. The number of fused-ring (bicyclic) bond motifs is 1. The predicted octanol–water partition coefficient (Wildman–Crippen LogP) is 4.53. The molecule has 0 fully saturated rings. The largest absolute Gasteiger partial charge is 0.452 e. The SMILES string of the molecule is C[C@@H](NC(=O)COC(=O)c1ccc2noc(-c3ccccc3)c2c1)c1ccccc1. The molecule has 0 aliphatic rings. The molecule has 30 heavy (non-hydrogen) atoms. The maximum Gasteiger partial charge on any atom is 0.338 e. The monoisotopic (exact) mass is 400 g/mol. The van der Waals surface area contributed by atoms with Gasteiger partial charge < -0.3 is 14.6 Å². The first kappa shape index (κ1) is 19.4. The summed E-state index contributed by atoms with van der Waals surface area (Å²) in [7, 11) is 0. The molecule has 0 aliphatic carbocycles. The van der Waals surface area contributed by atoms with E-state index in [1.807, 2.05) is 67.6 Å². The van der Waals surface area contributed by atoms with Crippen LogP contribution in [0.5, 0.6) is 0 Å². The van der Waals surface area contributed by atoms with Crippen molar-refractivity contribution in [1.29, 1.82) is 0 Å². The van der Waals surface area contributed by atoms with Crippen LogP contribution in [0.3, 0.4) is 0 Å². The maximum atomic E-state index is 12.5. The zero-order valence-corrected chi connectivity index (χ0v) is 16.4. The van der Waals surface area contributed by atoms with Crippen LogP contribution >= 0.6 is 0 Å². The van der Waals surface area contributed by atoms with Crippen molar-refractivity contribution in [2.24, 2.45) is 0 Å². The molecular formula is C24H20N2O4. The molecule has 1 heterocycles. The Kier molecular flexibility index (Phi) is 5.57. The van der Waals surface area contributed by atoms with Crippen LogP contribution in [0.15, 0.2) is 83.4 Å². The van der Waals surface area contributed by atoms with E-state index >= 15 is 0 Å². The number of rotatable bonds is 6. The van der Waals surface area contributed by atoms with Crippen LogP contribution in [-0.4, -0.2) is 23.6 Å². The summed E-state index contributed by atoms with van der Waals surface area (Å²) in [5, 5.41) is 7.56. The van der Waals surface area contributed by atoms with Crippen LogP contribution in [0.1, 0.15) is 28.9 Å². The Morgan fingerprint density at radius 3 is 2.43 bits per heavy atom. The van der Waals surface area contributed by atoms with Crippen LogP contribution in [0.25, 0.3) is 22.2 Å². The highest BCUT2D eigenvalue weighted by Gasteiger charge is 2.16. The lowest BCUT2D eigenvalue weighted by Gasteiger charge is -2.14. The van der Waals surface area contributed by atoms with Crippen LogP contribution < -0.4 is 5.32 Å². The quantitative estimate of drug-likeness (QED) is 0.481. The molecule has 0 unspecified atom stereocenters.